The summed E-state index contributed by atoms with van der Waals surface area (Å²) in [6, 6.07) is -0.768. The third-order valence-corrected chi connectivity index (χ3v) is 15.4. The molecule has 0 fully saturated rings. The van der Waals surface area contributed by atoms with Crippen LogP contribution in [0.5, 0.6) is 0 Å². The molecule has 77 heavy (non-hydrogen) atoms. The summed E-state index contributed by atoms with van der Waals surface area (Å²) in [4.78, 5) is 23.4. The number of carbonyl (C=O) groups is 1. The predicted molar refractivity (Wildman–Crippen MR) is 336 cm³/mol. The number of hydrogen-bond acceptors (Lipinski definition) is 5. The highest BCUT2D eigenvalue weighted by molar-refractivity contribution is 7.47. The maximum absolute atomic E-state index is 13.1. The van der Waals surface area contributed by atoms with E-state index < -0.39 is 20.0 Å². The van der Waals surface area contributed by atoms with Crippen molar-refractivity contribution >= 4 is 13.7 Å². The summed E-state index contributed by atoms with van der Waals surface area (Å²) in [6.07, 6.45) is 82.3. The van der Waals surface area contributed by atoms with Crippen LogP contribution in [0.1, 0.15) is 290 Å². The van der Waals surface area contributed by atoms with Crippen LogP contribution in [0.15, 0.2) is 85.1 Å². The molecular weight excluding hydrogens is 972 g/mol. The van der Waals surface area contributed by atoms with Crippen LogP contribution in [0.2, 0.25) is 0 Å². The van der Waals surface area contributed by atoms with E-state index in [0.29, 0.717) is 23.9 Å². The number of unbranched alkanes of at least 4 members (excludes halogenated alkanes) is 32. The van der Waals surface area contributed by atoms with Gasteiger partial charge in [-0.25, -0.2) is 4.57 Å². The number of rotatable bonds is 59. The zero-order valence-corrected chi connectivity index (χ0v) is 52.1. The second-order valence-electron chi connectivity index (χ2n) is 23.1. The van der Waals surface area contributed by atoms with Gasteiger partial charge < -0.3 is 19.8 Å². The monoisotopic (exact) mass is 1100 g/mol. The summed E-state index contributed by atoms with van der Waals surface area (Å²) < 4.78 is 23.9. The number of allylic oxidation sites excluding steroid dienone is 14. The van der Waals surface area contributed by atoms with Gasteiger partial charge in [-0.15, -0.1) is 0 Å². The van der Waals surface area contributed by atoms with Gasteiger partial charge in [-0.05, 0) is 70.6 Å². The molecular formula is C68H126N2O6P+. The van der Waals surface area contributed by atoms with Gasteiger partial charge in [0.25, 0.3) is 0 Å². The van der Waals surface area contributed by atoms with Crippen molar-refractivity contribution in [2.75, 3.05) is 40.9 Å². The van der Waals surface area contributed by atoms with Crippen molar-refractivity contribution in [3.05, 3.63) is 85.1 Å². The summed E-state index contributed by atoms with van der Waals surface area (Å²) in [5.41, 5.74) is 0. The van der Waals surface area contributed by atoms with Crippen molar-refractivity contribution in [2.24, 2.45) is 0 Å². The number of aliphatic hydroxyl groups excluding tert-OH is 1. The molecule has 0 aliphatic heterocycles. The lowest BCUT2D eigenvalue weighted by atomic mass is 10.0. The quantitative estimate of drug-likeness (QED) is 0.0243. The van der Waals surface area contributed by atoms with Crippen molar-refractivity contribution in [3.63, 3.8) is 0 Å². The van der Waals surface area contributed by atoms with E-state index >= 15 is 0 Å². The minimum Gasteiger partial charge on any atom is -0.391 e. The van der Waals surface area contributed by atoms with Crippen LogP contribution in [0.3, 0.4) is 0 Å². The molecule has 0 aromatic rings. The Morgan fingerprint density at radius 2 is 0.779 bits per heavy atom. The van der Waals surface area contributed by atoms with E-state index in [-0.39, 0.29) is 19.1 Å². The number of carbonyl (C=O) groups excluding carboxylic acids is 1. The fourth-order valence-electron chi connectivity index (χ4n) is 9.38. The fourth-order valence-corrected chi connectivity index (χ4v) is 10.1. The maximum Gasteiger partial charge on any atom is 0.472 e. The predicted octanol–water partition coefficient (Wildman–Crippen LogP) is 20.4. The van der Waals surface area contributed by atoms with E-state index in [1.54, 1.807) is 0 Å². The number of aliphatic hydroxyl groups is 1. The standard InChI is InChI=1S/C68H125N2O6P/c1-6-8-10-12-14-16-18-20-22-24-26-28-30-31-32-33-34-35-36-37-38-39-40-42-44-46-48-50-52-54-56-58-60-62-68(72)69-66(65-76-77(73,74)75-64-63-70(3,4)5)67(71)61-59-57-55-53-51-49-47-45-43-41-29-27-25-23-21-19-17-15-13-11-9-7-2/h8,10,14,16,20,22,26,28,31-32,34-35,37-38,66-67,71H,6-7,9,11-13,15,17-19,21,23-25,27,29-30,33,36,39-65H2,1-5H3,(H-,69,72,73,74)/p+1/b10-8-,16-14-,22-20-,28-26-,32-31-,35-34-,38-37-. The van der Waals surface area contributed by atoms with Gasteiger partial charge in [0.1, 0.15) is 13.2 Å². The van der Waals surface area contributed by atoms with Crippen molar-refractivity contribution in [2.45, 2.75) is 302 Å². The summed E-state index contributed by atoms with van der Waals surface area (Å²) in [5, 5.41) is 14.1. The van der Waals surface area contributed by atoms with Gasteiger partial charge in [0.05, 0.1) is 39.9 Å². The van der Waals surface area contributed by atoms with E-state index in [1.165, 1.54) is 180 Å². The molecule has 448 valence electrons. The van der Waals surface area contributed by atoms with Crippen LogP contribution in [0, 0.1) is 0 Å². The van der Waals surface area contributed by atoms with Gasteiger partial charge in [0.2, 0.25) is 5.91 Å². The minimum atomic E-state index is -4.33. The molecule has 0 aromatic heterocycles. The molecule has 3 unspecified atom stereocenters. The van der Waals surface area contributed by atoms with E-state index in [2.05, 4.69) is 104 Å². The Balaban J connectivity index is 4.11. The third kappa shape index (κ3) is 61.2. The largest absolute Gasteiger partial charge is 0.472 e. The Morgan fingerprint density at radius 3 is 1.14 bits per heavy atom. The highest BCUT2D eigenvalue weighted by Gasteiger charge is 2.28. The van der Waals surface area contributed by atoms with Gasteiger partial charge in [0.15, 0.2) is 0 Å². The van der Waals surface area contributed by atoms with Gasteiger partial charge in [-0.1, -0.05) is 298 Å². The normalized spacial score (nSPS) is 14.3. The SMILES string of the molecule is CC/C=C\C/C=C\C/C=C\C/C=C\C/C=C\C/C=C\C/C=C\CCCCCCCCCCCCCC(=O)NC(COP(=O)(O)OCC[N+](C)(C)C)C(O)CCCCCCCCCCCCCCCCCCCCCCCC. The van der Waals surface area contributed by atoms with E-state index in [4.69, 9.17) is 9.05 Å². The van der Waals surface area contributed by atoms with Crippen molar-refractivity contribution in [1.29, 1.82) is 0 Å². The molecule has 0 bridgehead atoms. The first-order chi connectivity index (χ1) is 37.5. The van der Waals surface area contributed by atoms with Crippen LogP contribution in [-0.4, -0.2) is 73.4 Å². The van der Waals surface area contributed by atoms with Crippen molar-refractivity contribution in [3.8, 4) is 0 Å². The lowest BCUT2D eigenvalue weighted by molar-refractivity contribution is -0.870. The van der Waals surface area contributed by atoms with Crippen LogP contribution in [-0.2, 0) is 18.4 Å². The average Bonchev–Trinajstić information content (AvgIpc) is 3.39. The number of phosphoric ester groups is 1. The molecule has 0 radical (unpaired) electrons. The summed E-state index contributed by atoms with van der Waals surface area (Å²) in [6.45, 7) is 4.80. The molecule has 1 amide bonds. The third-order valence-electron chi connectivity index (χ3n) is 14.4. The average molecular weight is 1100 g/mol. The Kier molecular flexibility index (Phi) is 56.6. The molecule has 0 aliphatic rings. The first-order valence-corrected chi connectivity index (χ1v) is 33.9. The zero-order chi connectivity index (χ0) is 56.3. The molecule has 0 rings (SSSR count). The molecule has 3 atom stereocenters. The summed E-state index contributed by atoms with van der Waals surface area (Å²) in [5.74, 6) is -0.147. The first-order valence-electron chi connectivity index (χ1n) is 32.5. The summed E-state index contributed by atoms with van der Waals surface area (Å²) in [7, 11) is 1.61. The van der Waals surface area contributed by atoms with Gasteiger partial charge in [-0.3, -0.25) is 13.8 Å². The number of amides is 1. The molecule has 0 aromatic carbocycles. The van der Waals surface area contributed by atoms with Gasteiger partial charge >= 0.3 is 7.82 Å². The Morgan fingerprint density at radius 1 is 0.455 bits per heavy atom. The van der Waals surface area contributed by atoms with Crippen molar-refractivity contribution < 1.29 is 32.9 Å². The van der Waals surface area contributed by atoms with Crippen LogP contribution < -0.4 is 5.32 Å². The molecule has 3 N–H and O–H groups in total. The van der Waals surface area contributed by atoms with Gasteiger partial charge in [0, 0.05) is 6.42 Å². The maximum atomic E-state index is 13.1. The molecule has 9 heteroatoms. The van der Waals surface area contributed by atoms with Crippen molar-refractivity contribution in [1.82, 2.24) is 5.32 Å². The summed E-state index contributed by atoms with van der Waals surface area (Å²) >= 11 is 0. The zero-order valence-electron chi connectivity index (χ0n) is 51.2. The van der Waals surface area contributed by atoms with E-state index in [9.17, 15) is 19.4 Å². The molecule has 8 nitrogen and oxygen atoms in total. The lowest BCUT2D eigenvalue weighted by Crippen LogP contribution is -2.46. The highest BCUT2D eigenvalue weighted by atomic mass is 31.2. The number of nitrogens with one attached hydrogen (secondary N) is 1. The molecule has 0 saturated heterocycles. The molecule has 0 aliphatic carbocycles. The Bertz CT molecular complexity index is 1530. The second-order valence-corrected chi connectivity index (χ2v) is 24.6. The van der Waals surface area contributed by atoms with Crippen LogP contribution in [0.4, 0.5) is 0 Å². The molecule has 0 saturated carbocycles. The Labute approximate surface area is 477 Å². The van der Waals surface area contributed by atoms with E-state index in [0.717, 1.165) is 83.5 Å². The number of quaternary nitrogens is 1. The first kappa shape index (κ1) is 74.7. The smallest absolute Gasteiger partial charge is 0.391 e. The van der Waals surface area contributed by atoms with Crippen LogP contribution in [0.25, 0.3) is 0 Å². The molecule has 0 spiro atoms. The Hall–Kier alpha value is -2.32. The fraction of sp³-hybridized carbons (Fsp3) is 0.779. The van der Waals surface area contributed by atoms with Crippen LogP contribution >= 0.6 is 7.82 Å². The minimum absolute atomic E-state index is 0.0715. The number of phosphoric acid groups is 1. The van der Waals surface area contributed by atoms with Gasteiger partial charge in [-0.2, -0.15) is 0 Å². The number of nitrogens with zero attached hydrogens (tertiary/aromatic N) is 1. The highest BCUT2D eigenvalue weighted by Crippen LogP contribution is 2.43. The topological polar surface area (TPSA) is 105 Å². The van der Waals surface area contributed by atoms with E-state index in [1.807, 2.05) is 21.1 Å². The lowest BCUT2D eigenvalue weighted by Gasteiger charge is -2.26. The number of hydrogen-bond donors (Lipinski definition) is 3. The number of likely N-dealkylation sites (N-methyl/N-ethyl adjacent to an activating group) is 1. The molecule has 0 heterocycles. The second kappa shape index (κ2) is 58.3.